The largest absolute Gasteiger partial charge is 0.467 e. The van der Waals surface area contributed by atoms with Gasteiger partial charge in [-0.15, -0.1) is 0 Å². The van der Waals surface area contributed by atoms with Crippen LogP contribution in [0.3, 0.4) is 0 Å². The number of methoxy groups -OCH3 is 3. The molecule has 0 aliphatic carbocycles. The number of esters is 1. The Morgan fingerprint density at radius 3 is 2.03 bits per heavy atom. The summed E-state index contributed by atoms with van der Waals surface area (Å²) in [5.74, 6) is -2.59. The minimum atomic E-state index is -0.900. The zero-order valence-corrected chi connectivity index (χ0v) is 39.4. The molecule has 9 unspecified atom stereocenters. The van der Waals surface area contributed by atoms with Crippen LogP contribution >= 0.6 is 0 Å². The summed E-state index contributed by atoms with van der Waals surface area (Å²) in [6.07, 6.45) is 1.72. The van der Waals surface area contributed by atoms with Gasteiger partial charge in [0.05, 0.1) is 49.8 Å². The molecule has 1 aliphatic rings. The highest BCUT2D eigenvalue weighted by molar-refractivity contribution is 5.90. The summed E-state index contributed by atoms with van der Waals surface area (Å²) in [6, 6.07) is 14.0. The highest BCUT2D eigenvalue weighted by Crippen LogP contribution is 2.30. The molecule has 1 saturated heterocycles. The first-order chi connectivity index (χ1) is 29.4. The van der Waals surface area contributed by atoms with E-state index in [1.807, 2.05) is 108 Å². The summed E-state index contributed by atoms with van der Waals surface area (Å²) in [5.41, 5.74) is 8.56. The van der Waals surface area contributed by atoms with Crippen LogP contribution in [0.5, 0.6) is 0 Å². The van der Waals surface area contributed by atoms with Crippen LogP contribution in [0.1, 0.15) is 85.3 Å². The Labute approximate surface area is 370 Å². The lowest BCUT2D eigenvalue weighted by Gasteiger charge is -2.41. The third-order valence-corrected chi connectivity index (χ3v) is 12.7. The van der Waals surface area contributed by atoms with Gasteiger partial charge in [0.15, 0.2) is 0 Å². The number of likely N-dealkylation sites (N-methyl/N-ethyl adjacent to an activating group) is 2. The number of hydrogen-bond donors (Lipinski definition) is 3. The fourth-order valence-electron chi connectivity index (χ4n) is 8.91. The van der Waals surface area contributed by atoms with Crippen LogP contribution in [0, 0.1) is 23.7 Å². The number of nitrogens with two attached hydrogens (primary N) is 1. The monoisotopic (exact) mass is 865 g/mol. The van der Waals surface area contributed by atoms with Gasteiger partial charge in [-0.1, -0.05) is 97.4 Å². The molecule has 62 heavy (non-hydrogen) atoms. The van der Waals surface area contributed by atoms with Crippen molar-refractivity contribution in [2.24, 2.45) is 23.7 Å². The molecule has 2 aromatic rings. The van der Waals surface area contributed by atoms with Gasteiger partial charge < -0.3 is 40.4 Å². The molecular formula is C48H76N6O8. The maximum Gasteiger partial charge on any atom is 0.328 e. The van der Waals surface area contributed by atoms with Crippen molar-refractivity contribution in [2.45, 2.75) is 129 Å². The van der Waals surface area contributed by atoms with Gasteiger partial charge in [0.25, 0.3) is 0 Å². The second-order valence-corrected chi connectivity index (χ2v) is 17.8. The normalized spacial score (nSPS) is 18.0. The van der Waals surface area contributed by atoms with Crippen LogP contribution in [0.4, 0.5) is 5.69 Å². The molecule has 3 rings (SSSR count). The van der Waals surface area contributed by atoms with Crippen molar-refractivity contribution in [3.8, 4) is 0 Å². The number of hydrogen-bond acceptors (Lipinski definition) is 10. The Kier molecular flexibility index (Phi) is 20.8. The van der Waals surface area contributed by atoms with E-state index in [0.29, 0.717) is 31.6 Å². The summed E-state index contributed by atoms with van der Waals surface area (Å²) in [4.78, 5) is 74.9. The van der Waals surface area contributed by atoms with Crippen LogP contribution in [0.25, 0.3) is 0 Å². The molecule has 0 aromatic heterocycles. The van der Waals surface area contributed by atoms with Gasteiger partial charge in [0.2, 0.25) is 23.6 Å². The lowest BCUT2D eigenvalue weighted by molar-refractivity contribution is -0.149. The first kappa shape index (κ1) is 51.8. The standard InChI is InChI=1S/C48H76N6O8/c1-13-32(6)43(53(9)47(58)41(30(2)3)51-46(57)42(31(4)5)52(8)27-25-34-21-23-36(49)24-22-34)39(60-10)29-40(55)54-26-17-20-38(54)44(61-11)33(7)45(56)50-37(48(59)62-12)28-35-18-15-14-16-19-35/h14-16,18-19,21-24,30-33,37-39,41-44H,13,17,20,25-29,49H2,1-12H3,(H,50,56)(H,51,57). The van der Waals surface area contributed by atoms with Crippen LogP contribution < -0.4 is 16.4 Å². The predicted octanol–water partition coefficient (Wildman–Crippen LogP) is 4.73. The molecule has 1 fully saturated rings. The minimum absolute atomic E-state index is 0.00887. The summed E-state index contributed by atoms with van der Waals surface area (Å²) < 4.78 is 17.1. The number of amides is 4. The molecule has 14 heteroatoms. The number of benzene rings is 2. The zero-order valence-electron chi connectivity index (χ0n) is 39.4. The maximum atomic E-state index is 14.6. The molecule has 9 atom stereocenters. The van der Waals surface area contributed by atoms with Crippen LogP contribution in [-0.2, 0) is 51.0 Å². The Bertz CT molecular complexity index is 1730. The maximum absolute atomic E-state index is 14.6. The van der Waals surface area contributed by atoms with Crippen LogP contribution in [0.15, 0.2) is 54.6 Å². The van der Waals surface area contributed by atoms with E-state index in [0.717, 1.165) is 24.0 Å². The van der Waals surface area contributed by atoms with Crippen molar-refractivity contribution < 1.29 is 38.2 Å². The SMILES string of the molecule is CCC(C)C(C(CC(=O)N1CCCC1C(OC)C(C)C(=O)NC(Cc1ccccc1)C(=O)OC)OC)N(C)C(=O)C(NC(=O)C(C(C)C)N(C)CCc1ccc(N)cc1)C(C)C. The Balaban J connectivity index is 1.77. The third kappa shape index (κ3) is 14.0. The van der Waals surface area contributed by atoms with E-state index in [9.17, 15) is 24.0 Å². The first-order valence-electron chi connectivity index (χ1n) is 22.3. The number of likely N-dealkylation sites (tertiary alicyclic amines) is 1. The molecule has 4 N–H and O–H groups in total. The van der Waals surface area contributed by atoms with Crippen molar-refractivity contribution in [2.75, 3.05) is 54.2 Å². The fourth-order valence-corrected chi connectivity index (χ4v) is 8.91. The van der Waals surface area contributed by atoms with Gasteiger partial charge in [-0.2, -0.15) is 0 Å². The van der Waals surface area contributed by atoms with E-state index in [-0.39, 0.29) is 54.2 Å². The number of nitrogens with zero attached hydrogens (tertiary/aromatic N) is 3. The summed E-state index contributed by atoms with van der Waals surface area (Å²) in [7, 11) is 8.04. The summed E-state index contributed by atoms with van der Waals surface area (Å²) in [6.45, 7) is 14.8. The molecule has 0 bridgehead atoms. The summed E-state index contributed by atoms with van der Waals surface area (Å²) >= 11 is 0. The number of anilines is 1. The van der Waals surface area contributed by atoms with Crippen molar-refractivity contribution in [3.05, 3.63) is 65.7 Å². The Morgan fingerprint density at radius 1 is 0.839 bits per heavy atom. The molecule has 2 aromatic carbocycles. The number of carbonyl (C=O) groups is 5. The second-order valence-electron chi connectivity index (χ2n) is 17.8. The number of nitrogens with one attached hydrogen (secondary N) is 2. The molecule has 14 nitrogen and oxygen atoms in total. The van der Waals surface area contributed by atoms with Crippen LogP contribution in [0.2, 0.25) is 0 Å². The number of ether oxygens (including phenoxy) is 3. The lowest BCUT2D eigenvalue weighted by atomic mass is 9.89. The number of carbonyl (C=O) groups excluding carboxylic acids is 5. The first-order valence-corrected chi connectivity index (χ1v) is 22.3. The van der Waals surface area contributed by atoms with Crippen molar-refractivity contribution in [1.82, 2.24) is 25.3 Å². The average molecular weight is 865 g/mol. The Morgan fingerprint density at radius 2 is 1.48 bits per heavy atom. The van der Waals surface area contributed by atoms with E-state index in [2.05, 4.69) is 10.6 Å². The summed E-state index contributed by atoms with van der Waals surface area (Å²) in [5, 5.41) is 5.99. The molecule has 0 spiro atoms. The molecule has 346 valence electrons. The highest BCUT2D eigenvalue weighted by Gasteiger charge is 2.43. The van der Waals surface area contributed by atoms with E-state index < -0.39 is 54.3 Å². The van der Waals surface area contributed by atoms with E-state index in [1.165, 1.54) is 14.2 Å². The second kappa shape index (κ2) is 24.9. The molecule has 4 amide bonds. The van der Waals surface area contributed by atoms with Gasteiger partial charge in [-0.25, -0.2) is 4.79 Å². The predicted molar refractivity (Wildman–Crippen MR) is 243 cm³/mol. The quantitative estimate of drug-likeness (QED) is 0.0990. The smallest absolute Gasteiger partial charge is 0.328 e. The van der Waals surface area contributed by atoms with Crippen molar-refractivity contribution in [3.63, 3.8) is 0 Å². The van der Waals surface area contributed by atoms with Crippen molar-refractivity contribution >= 4 is 35.3 Å². The zero-order chi connectivity index (χ0) is 46.3. The van der Waals surface area contributed by atoms with E-state index in [1.54, 1.807) is 30.9 Å². The van der Waals surface area contributed by atoms with E-state index >= 15 is 0 Å². The lowest BCUT2D eigenvalue weighted by Crippen LogP contribution is -2.60. The highest BCUT2D eigenvalue weighted by atomic mass is 16.5. The van der Waals surface area contributed by atoms with Gasteiger partial charge in [0, 0.05) is 46.5 Å². The van der Waals surface area contributed by atoms with Gasteiger partial charge in [0.1, 0.15) is 12.1 Å². The minimum Gasteiger partial charge on any atom is -0.467 e. The average Bonchev–Trinajstić information content (AvgIpc) is 3.74. The van der Waals surface area contributed by atoms with Crippen molar-refractivity contribution in [1.29, 1.82) is 0 Å². The van der Waals surface area contributed by atoms with Gasteiger partial charge in [-0.05, 0) is 67.3 Å². The van der Waals surface area contributed by atoms with Gasteiger partial charge in [-0.3, -0.25) is 24.1 Å². The van der Waals surface area contributed by atoms with E-state index in [4.69, 9.17) is 19.9 Å². The molecular weight excluding hydrogens is 789 g/mol. The third-order valence-electron chi connectivity index (χ3n) is 12.7. The number of nitrogen functional groups attached to an aromatic ring is 1. The van der Waals surface area contributed by atoms with Gasteiger partial charge >= 0.3 is 5.97 Å². The molecule has 1 aliphatic heterocycles. The molecule has 0 saturated carbocycles. The fraction of sp³-hybridized carbons (Fsp3) is 0.646. The molecule has 0 radical (unpaired) electrons. The number of rotatable bonds is 24. The molecule has 1 heterocycles. The Hall–Kier alpha value is -4.53. The topological polar surface area (TPSA) is 173 Å². The van der Waals surface area contributed by atoms with Crippen LogP contribution in [-0.4, -0.2) is 135 Å².